The molecule has 2 amide bonds. The highest BCUT2D eigenvalue weighted by molar-refractivity contribution is 7.89. The van der Waals surface area contributed by atoms with E-state index in [2.05, 4.69) is 15.8 Å². The molecule has 0 aliphatic carbocycles. The number of benzene rings is 1. The van der Waals surface area contributed by atoms with Gasteiger partial charge < -0.3 is 15.2 Å². The molecule has 1 aliphatic rings. The number of halogens is 1. The number of urea groups is 1. The predicted octanol–water partition coefficient (Wildman–Crippen LogP) is 2.41. The van der Waals surface area contributed by atoms with Crippen molar-refractivity contribution in [2.75, 3.05) is 18.4 Å². The van der Waals surface area contributed by atoms with Crippen LogP contribution in [0.3, 0.4) is 0 Å². The number of nitrogens with zero attached hydrogens (tertiary/aromatic N) is 2. The number of hydrogen-bond donors (Lipinski definition) is 2. The van der Waals surface area contributed by atoms with Gasteiger partial charge in [-0.1, -0.05) is 17.3 Å². The molecule has 27 heavy (non-hydrogen) atoms. The van der Waals surface area contributed by atoms with Crippen LogP contribution in [0.4, 0.5) is 14.9 Å². The van der Waals surface area contributed by atoms with Crippen LogP contribution in [-0.4, -0.2) is 43.0 Å². The molecule has 0 unspecified atom stereocenters. The number of sulfonamides is 1. The summed E-state index contributed by atoms with van der Waals surface area (Å²) in [4.78, 5) is 12.1. The van der Waals surface area contributed by atoms with Crippen LogP contribution in [0.25, 0.3) is 0 Å². The second-order valence-electron chi connectivity index (χ2n) is 6.41. The lowest BCUT2D eigenvalue weighted by molar-refractivity contribution is 0.238. The molecule has 0 radical (unpaired) electrons. The minimum absolute atomic E-state index is 0.0911. The number of anilines is 1. The summed E-state index contributed by atoms with van der Waals surface area (Å²) in [7, 11) is -3.69. The topological polar surface area (TPSA) is 105 Å². The Morgan fingerprint density at radius 3 is 2.52 bits per heavy atom. The minimum Gasteiger partial charge on any atom is -0.360 e. The van der Waals surface area contributed by atoms with Crippen molar-refractivity contribution in [3.8, 4) is 0 Å². The second-order valence-corrected chi connectivity index (χ2v) is 8.28. The van der Waals surface area contributed by atoms with E-state index in [-0.39, 0.29) is 35.5 Å². The number of aromatic nitrogens is 1. The van der Waals surface area contributed by atoms with Gasteiger partial charge in [-0.15, -0.1) is 0 Å². The third-order valence-electron chi connectivity index (χ3n) is 4.48. The Balaban J connectivity index is 1.57. The maximum absolute atomic E-state index is 13.6. The molecule has 2 N–H and O–H groups in total. The number of hydrogen-bond acceptors (Lipinski definition) is 5. The number of carbonyl (C=O) groups is 1. The number of carbonyl (C=O) groups excluding carboxylic acids is 1. The highest BCUT2D eigenvalue weighted by atomic mass is 32.2. The van der Waals surface area contributed by atoms with Crippen molar-refractivity contribution in [3.63, 3.8) is 0 Å². The van der Waals surface area contributed by atoms with Crippen LogP contribution < -0.4 is 10.6 Å². The van der Waals surface area contributed by atoms with Crippen molar-refractivity contribution >= 4 is 21.7 Å². The van der Waals surface area contributed by atoms with E-state index in [0.29, 0.717) is 18.5 Å². The summed E-state index contributed by atoms with van der Waals surface area (Å²) < 4.78 is 45.5. The smallest absolute Gasteiger partial charge is 0.319 e. The first-order valence-corrected chi connectivity index (χ1v) is 9.98. The molecule has 1 aliphatic heterocycles. The predicted molar refractivity (Wildman–Crippen MR) is 96.3 cm³/mol. The molecule has 1 aromatic carbocycles. The summed E-state index contributed by atoms with van der Waals surface area (Å²) in [6.45, 7) is 3.67. The molecule has 1 fully saturated rings. The highest BCUT2D eigenvalue weighted by Gasteiger charge is 2.34. The molecule has 3 rings (SSSR count). The number of aryl methyl sites for hydroxylation is 2. The fraction of sp³-hybridized carbons (Fsp3) is 0.412. The van der Waals surface area contributed by atoms with Gasteiger partial charge in [0, 0.05) is 19.1 Å². The van der Waals surface area contributed by atoms with Crippen LogP contribution in [-0.2, 0) is 10.0 Å². The summed E-state index contributed by atoms with van der Waals surface area (Å²) in [5.41, 5.74) is 0.422. The molecule has 0 saturated carbocycles. The summed E-state index contributed by atoms with van der Waals surface area (Å²) in [5, 5.41) is 8.92. The summed E-state index contributed by atoms with van der Waals surface area (Å²) in [5.74, 6) is -0.259. The van der Waals surface area contributed by atoms with Gasteiger partial charge in [0.15, 0.2) is 5.76 Å². The number of para-hydroxylation sites is 1. The van der Waals surface area contributed by atoms with E-state index in [9.17, 15) is 17.6 Å². The van der Waals surface area contributed by atoms with Crippen LogP contribution in [0.15, 0.2) is 33.7 Å². The van der Waals surface area contributed by atoms with Crippen molar-refractivity contribution in [3.05, 3.63) is 41.5 Å². The molecular formula is C17H21FN4O4S. The van der Waals surface area contributed by atoms with E-state index < -0.39 is 21.9 Å². The van der Waals surface area contributed by atoms with E-state index in [4.69, 9.17) is 4.52 Å². The van der Waals surface area contributed by atoms with Gasteiger partial charge in [-0.2, -0.15) is 4.31 Å². The molecule has 10 heteroatoms. The van der Waals surface area contributed by atoms with Gasteiger partial charge in [0.2, 0.25) is 10.0 Å². The Labute approximate surface area is 156 Å². The van der Waals surface area contributed by atoms with Crippen LogP contribution in [0.1, 0.15) is 24.3 Å². The minimum atomic E-state index is -3.69. The van der Waals surface area contributed by atoms with Crippen molar-refractivity contribution in [2.45, 2.75) is 37.6 Å². The van der Waals surface area contributed by atoms with Crippen LogP contribution in [0.5, 0.6) is 0 Å². The molecule has 2 aromatic rings. The van der Waals surface area contributed by atoms with Crippen LogP contribution in [0, 0.1) is 19.7 Å². The largest absolute Gasteiger partial charge is 0.360 e. The molecule has 8 nitrogen and oxygen atoms in total. The molecular weight excluding hydrogens is 375 g/mol. The lowest BCUT2D eigenvalue weighted by Gasteiger charge is -2.31. The lowest BCUT2D eigenvalue weighted by atomic mass is 10.1. The van der Waals surface area contributed by atoms with Gasteiger partial charge in [-0.05, 0) is 38.8 Å². The Bertz CT molecular complexity index is 917. The lowest BCUT2D eigenvalue weighted by Crippen LogP contribution is -2.47. The van der Waals surface area contributed by atoms with E-state index in [1.165, 1.54) is 22.5 Å². The first-order valence-electron chi connectivity index (χ1n) is 8.54. The fourth-order valence-electron chi connectivity index (χ4n) is 3.12. The first kappa shape index (κ1) is 19.3. The van der Waals surface area contributed by atoms with E-state index in [0.717, 1.165) is 0 Å². The number of rotatable bonds is 4. The zero-order chi connectivity index (χ0) is 19.6. The van der Waals surface area contributed by atoms with Crippen LogP contribution in [0.2, 0.25) is 0 Å². The number of piperidine rings is 1. The third-order valence-corrected chi connectivity index (χ3v) is 6.62. The number of nitrogens with one attached hydrogen (secondary N) is 2. The molecule has 0 atom stereocenters. The fourth-order valence-corrected chi connectivity index (χ4v) is 4.88. The Hall–Kier alpha value is -2.46. The highest BCUT2D eigenvalue weighted by Crippen LogP contribution is 2.26. The molecule has 0 spiro atoms. The quantitative estimate of drug-likeness (QED) is 0.826. The third kappa shape index (κ3) is 4.11. The van der Waals surface area contributed by atoms with Gasteiger partial charge >= 0.3 is 6.03 Å². The zero-order valence-electron chi connectivity index (χ0n) is 15.0. The summed E-state index contributed by atoms with van der Waals surface area (Å²) in [6.07, 6.45) is 0.903. The average molecular weight is 396 g/mol. The molecule has 146 valence electrons. The standard InChI is InChI=1S/C17H21FN4O4S/c1-11-16(12(2)26-21-11)27(24,25)22-9-7-13(8-10-22)19-17(23)20-15-6-4-3-5-14(15)18/h3-6,13H,7-10H2,1-2H3,(H2,19,20,23). The van der Waals surface area contributed by atoms with Gasteiger partial charge in [0.25, 0.3) is 0 Å². The zero-order valence-corrected chi connectivity index (χ0v) is 15.8. The van der Waals surface area contributed by atoms with Gasteiger partial charge in [-0.25, -0.2) is 17.6 Å². The summed E-state index contributed by atoms with van der Waals surface area (Å²) >= 11 is 0. The van der Waals surface area contributed by atoms with Gasteiger partial charge in [0.1, 0.15) is 16.4 Å². The maximum atomic E-state index is 13.6. The Morgan fingerprint density at radius 2 is 1.93 bits per heavy atom. The monoisotopic (exact) mass is 396 g/mol. The Kier molecular flexibility index (Phi) is 5.47. The van der Waals surface area contributed by atoms with Gasteiger partial charge in [-0.3, -0.25) is 0 Å². The first-order chi connectivity index (χ1) is 12.8. The second kappa shape index (κ2) is 7.65. The van der Waals surface area contributed by atoms with Crippen molar-refractivity contribution in [1.29, 1.82) is 0 Å². The van der Waals surface area contributed by atoms with E-state index >= 15 is 0 Å². The van der Waals surface area contributed by atoms with Crippen molar-refractivity contribution in [2.24, 2.45) is 0 Å². The maximum Gasteiger partial charge on any atom is 0.319 e. The molecule has 1 saturated heterocycles. The van der Waals surface area contributed by atoms with Crippen LogP contribution >= 0.6 is 0 Å². The van der Waals surface area contributed by atoms with Crippen molar-refractivity contribution in [1.82, 2.24) is 14.8 Å². The molecule has 0 bridgehead atoms. The Morgan fingerprint density at radius 1 is 1.26 bits per heavy atom. The molecule has 2 heterocycles. The van der Waals surface area contributed by atoms with Gasteiger partial charge in [0.05, 0.1) is 5.69 Å². The van der Waals surface area contributed by atoms with Crippen molar-refractivity contribution < 1.29 is 22.1 Å². The summed E-state index contributed by atoms with van der Waals surface area (Å²) in [6, 6.07) is 5.16. The molecule has 1 aromatic heterocycles. The normalized spacial score (nSPS) is 16.3. The number of amides is 2. The van der Waals surface area contributed by atoms with E-state index in [1.807, 2.05) is 0 Å². The SMILES string of the molecule is Cc1noc(C)c1S(=O)(=O)N1CCC(NC(=O)Nc2ccccc2F)CC1. The van der Waals surface area contributed by atoms with E-state index in [1.54, 1.807) is 19.9 Å². The average Bonchev–Trinajstić information content (AvgIpc) is 2.96.